The number of benzene rings is 1. The summed E-state index contributed by atoms with van der Waals surface area (Å²) in [6.07, 6.45) is 4.46. The number of fused-ring (bicyclic) bond motifs is 1. The van der Waals surface area contributed by atoms with E-state index in [4.69, 9.17) is 27.9 Å². The molecule has 4 atom stereocenters. The van der Waals surface area contributed by atoms with Crippen molar-refractivity contribution in [2.75, 3.05) is 31.6 Å². The van der Waals surface area contributed by atoms with Gasteiger partial charge in [0, 0.05) is 29.1 Å². The topological polar surface area (TPSA) is 88.3 Å². The number of likely N-dealkylation sites (tertiary alicyclic amines) is 1. The number of halogens is 3. The van der Waals surface area contributed by atoms with Crippen molar-refractivity contribution in [3.05, 3.63) is 40.3 Å². The Morgan fingerprint density at radius 3 is 2.74 bits per heavy atom. The first-order chi connectivity index (χ1) is 16.5. The van der Waals surface area contributed by atoms with Gasteiger partial charge in [0.2, 0.25) is 5.95 Å². The summed E-state index contributed by atoms with van der Waals surface area (Å²) in [6, 6.07) is 3.88. The Kier molecular flexibility index (Phi) is 5.85. The summed E-state index contributed by atoms with van der Waals surface area (Å²) >= 11 is 13.0. The highest BCUT2D eigenvalue weighted by molar-refractivity contribution is 6.32. The normalized spacial score (nSPS) is 28.0. The zero-order valence-electron chi connectivity index (χ0n) is 18.4. The smallest absolute Gasteiger partial charge is 0.227 e. The van der Waals surface area contributed by atoms with Crippen LogP contribution in [0.15, 0.2) is 24.5 Å². The highest BCUT2D eigenvalue weighted by Crippen LogP contribution is 2.40. The average molecular weight is 507 g/mol. The molecule has 34 heavy (non-hydrogen) atoms. The van der Waals surface area contributed by atoms with Crippen LogP contribution in [-0.4, -0.2) is 74.4 Å². The van der Waals surface area contributed by atoms with E-state index in [0.717, 1.165) is 23.8 Å². The summed E-state index contributed by atoms with van der Waals surface area (Å²) in [5, 5.41) is 19.4. The summed E-state index contributed by atoms with van der Waals surface area (Å²) in [4.78, 5) is 11.0. The van der Waals surface area contributed by atoms with E-state index in [9.17, 15) is 5.11 Å². The largest absolute Gasteiger partial charge is 0.389 e. The van der Waals surface area contributed by atoms with Crippen molar-refractivity contribution in [2.45, 2.75) is 49.5 Å². The maximum Gasteiger partial charge on any atom is 0.227 e. The molecule has 0 spiro atoms. The first-order valence-corrected chi connectivity index (χ1v) is 12.3. The lowest BCUT2D eigenvalue weighted by Crippen LogP contribution is -2.50. The van der Waals surface area contributed by atoms with Crippen LogP contribution in [0, 0.1) is 0 Å². The van der Waals surface area contributed by atoms with Crippen molar-refractivity contribution in [3.63, 3.8) is 0 Å². The fraction of sp³-hybridized carbons (Fsp3) is 0.522. The van der Waals surface area contributed by atoms with Gasteiger partial charge in [-0.2, -0.15) is 5.10 Å². The molecule has 2 aliphatic heterocycles. The standard InChI is InChI=1S/C23H25Cl2FN6O2/c24-16-5-12-7-27-23(30-19-8-28-32(22(19)25)13-1-2-13)29-18(12)6-15(16)14-3-4-31(9-17(14)26)20-10-34-11-21(20)33/h5-8,13-14,17,20-21,33H,1-4,9-11H2,(H,27,29,30). The van der Waals surface area contributed by atoms with E-state index in [-0.39, 0.29) is 18.5 Å². The molecule has 1 saturated carbocycles. The van der Waals surface area contributed by atoms with Crippen molar-refractivity contribution >= 4 is 45.7 Å². The first-order valence-electron chi connectivity index (χ1n) is 11.6. The van der Waals surface area contributed by atoms with Gasteiger partial charge in [0.25, 0.3) is 0 Å². The van der Waals surface area contributed by atoms with Crippen LogP contribution in [0.5, 0.6) is 0 Å². The zero-order chi connectivity index (χ0) is 23.4. The zero-order valence-corrected chi connectivity index (χ0v) is 19.9. The second-order valence-electron chi connectivity index (χ2n) is 9.35. The molecule has 3 aromatic rings. The van der Waals surface area contributed by atoms with E-state index >= 15 is 4.39 Å². The maximum atomic E-state index is 15.3. The molecule has 0 bridgehead atoms. The Balaban J connectivity index is 1.23. The highest BCUT2D eigenvalue weighted by Gasteiger charge is 2.39. The van der Waals surface area contributed by atoms with E-state index in [1.807, 2.05) is 15.6 Å². The quantitative estimate of drug-likeness (QED) is 0.538. The summed E-state index contributed by atoms with van der Waals surface area (Å²) in [5.41, 5.74) is 2.07. The molecule has 3 fully saturated rings. The lowest BCUT2D eigenvalue weighted by Gasteiger charge is -2.39. The predicted molar refractivity (Wildman–Crippen MR) is 128 cm³/mol. The van der Waals surface area contributed by atoms with Gasteiger partial charge in [0.1, 0.15) is 6.17 Å². The number of alkyl halides is 1. The lowest BCUT2D eigenvalue weighted by atomic mass is 9.86. The number of ether oxygens (including phenoxy) is 1. The Bertz CT molecular complexity index is 1220. The number of anilines is 2. The minimum atomic E-state index is -1.11. The Morgan fingerprint density at radius 1 is 1.15 bits per heavy atom. The monoisotopic (exact) mass is 506 g/mol. The minimum absolute atomic E-state index is 0.149. The number of aliphatic hydroxyl groups excluding tert-OH is 1. The third-order valence-corrected chi connectivity index (χ3v) is 7.74. The molecule has 2 saturated heterocycles. The molecular weight excluding hydrogens is 482 g/mol. The van der Waals surface area contributed by atoms with E-state index in [1.54, 1.807) is 18.5 Å². The van der Waals surface area contributed by atoms with E-state index in [0.29, 0.717) is 59.5 Å². The van der Waals surface area contributed by atoms with Crippen LogP contribution in [0.25, 0.3) is 10.9 Å². The molecule has 0 radical (unpaired) electrons. The Hall–Kier alpha value is -2.04. The van der Waals surface area contributed by atoms with Gasteiger partial charge in [-0.25, -0.2) is 19.0 Å². The van der Waals surface area contributed by atoms with E-state index < -0.39 is 12.3 Å². The molecule has 4 unspecified atom stereocenters. The average Bonchev–Trinajstić information content (AvgIpc) is 3.47. The van der Waals surface area contributed by atoms with Crippen molar-refractivity contribution in [1.29, 1.82) is 0 Å². The van der Waals surface area contributed by atoms with E-state index in [1.165, 1.54) is 0 Å². The molecule has 8 nitrogen and oxygen atoms in total. The maximum absolute atomic E-state index is 15.3. The number of nitrogens with zero attached hydrogens (tertiary/aromatic N) is 5. The van der Waals surface area contributed by atoms with E-state index in [2.05, 4.69) is 20.4 Å². The summed E-state index contributed by atoms with van der Waals surface area (Å²) < 4.78 is 22.5. The lowest BCUT2D eigenvalue weighted by molar-refractivity contribution is 0.0353. The second kappa shape index (κ2) is 8.87. The third kappa shape index (κ3) is 4.13. The van der Waals surface area contributed by atoms with Gasteiger partial charge < -0.3 is 15.2 Å². The van der Waals surface area contributed by atoms with Crippen molar-refractivity contribution in [1.82, 2.24) is 24.6 Å². The van der Waals surface area contributed by atoms with Gasteiger partial charge in [-0.1, -0.05) is 23.2 Å². The van der Waals surface area contributed by atoms with Gasteiger partial charge in [-0.15, -0.1) is 0 Å². The molecule has 2 N–H and O–H groups in total. The highest BCUT2D eigenvalue weighted by atomic mass is 35.5. The van der Waals surface area contributed by atoms with Gasteiger partial charge >= 0.3 is 0 Å². The molecule has 1 aromatic carbocycles. The van der Waals surface area contributed by atoms with Crippen LogP contribution in [0.1, 0.15) is 36.8 Å². The number of hydrogen-bond acceptors (Lipinski definition) is 7. The fourth-order valence-electron chi connectivity index (χ4n) is 5.00. The molecular formula is C23H25Cl2FN6O2. The van der Waals surface area contributed by atoms with Crippen LogP contribution in [0.4, 0.5) is 16.0 Å². The summed E-state index contributed by atoms with van der Waals surface area (Å²) in [6.45, 7) is 1.65. The fourth-order valence-corrected chi connectivity index (χ4v) is 5.59. The molecule has 11 heteroatoms. The number of rotatable bonds is 5. The number of aliphatic hydroxyl groups is 1. The Labute approximate surface area is 206 Å². The van der Waals surface area contributed by atoms with Crippen LogP contribution >= 0.6 is 23.2 Å². The molecule has 4 heterocycles. The van der Waals surface area contributed by atoms with Crippen LogP contribution in [0.3, 0.4) is 0 Å². The molecule has 6 rings (SSSR count). The minimum Gasteiger partial charge on any atom is -0.389 e. The van der Waals surface area contributed by atoms with Crippen LogP contribution in [0.2, 0.25) is 10.2 Å². The van der Waals surface area contributed by atoms with Crippen molar-refractivity contribution in [3.8, 4) is 0 Å². The Morgan fingerprint density at radius 2 is 2.00 bits per heavy atom. The molecule has 1 aliphatic carbocycles. The third-order valence-electron chi connectivity index (χ3n) is 7.03. The first kappa shape index (κ1) is 22.4. The van der Waals surface area contributed by atoms with Gasteiger partial charge in [-0.05, 0) is 43.5 Å². The van der Waals surface area contributed by atoms with Crippen molar-refractivity contribution in [2.24, 2.45) is 0 Å². The molecule has 0 amide bonds. The predicted octanol–water partition coefficient (Wildman–Crippen LogP) is 4.10. The SMILES string of the molecule is OC1COCC1N1CCC(c2cc3nc(Nc4cnn(C5CC5)c4Cl)ncc3cc2Cl)C(F)C1. The number of aromatic nitrogens is 4. The van der Waals surface area contributed by atoms with Crippen LogP contribution in [-0.2, 0) is 4.74 Å². The van der Waals surface area contributed by atoms with Gasteiger partial charge in [-0.3, -0.25) is 4.90 Å². The van der Waals surface area contributed by atoms with Gasteiger partial charge in [0.15, 0.2) is 5.15 Å². The van der Waals surface area contributed by atoms with Crippen LogP contribution < -0.4 is 5.32 Å². The number of piperidine rings is 1. The number of nitrogens with one attached hydrogen (secondary N) is 1. The van der Waals surface area contributed by atoms with Crippen molar-refractivity contribution < 1.29 is 14.2 Å². The number of hydrogen-bond donors (Lipinski definition) is 2. The summed E-state index contributed by atoms with van der Waals surface area (Å²) in [5.74, 6) is 0.0464. The summed E-state index contributed by atoms with van der Waals surface area (Å²) in [7, 11) is 0. The second-order valence-corrected chi connectivity index (χ2v) is 10.1. The molecule has 180 valence electrons. The molecule has 3 aliphatic rings. The van der Waals surface area contributed by atoms with Gasteiger partial charge in [0.05, 0.1) is 48.8 Å². The molecule has 2 aromatic heterocycles.